The van der Waals surface area contributed by atoms with Crippen molar-refractivity contribution in [2.75, 3.05) is 6.61 Å². The zero-order valence-corrected chi connectivity index (χ0v) is 10.6. The zero-order chi connectivity index (χ0) is 12.8. The summed E-state index contributed by atoms with van der Waals surface area (Å²) in [5.41, 5.74) is 8.90. The third kappa shape index (κ3) is 3.08. The van der Waals surface area contributed by atoms with Crippen molar-refractivity contribution >= 4 is 0 Å². The topological polar surface area (TPSA) is 48.1 Å². The van der Waals surface area contributed by atoms with Crippen molar-refractivity contribution in [1.29, 1.82) is 0 Å². The molecule has 3 heteroatoms. The number of nitrogens with zero attached hydrogens (tertiary/aromatic N) is 1. The van der Waals surface area contributed by atoms with E-state index < -0.39 is 0 Å². The fraction of sp³-hybridized carbons (Fsp3) is 0.267. The maximum absolute atomic E-state index is 5.59. The van der Waals surface area contributed by atoms with Gasteiger partial charge in [0.1, 0.15) is 5.75 Å². The van der Waals surface area contributed by atoms with Gasteiger partial charge in [-0.1, -0.05) is 31.2 Å². The summed E-state index contributed by atoms with van der Waals surface area (Å²) in [6.07, 6.45) is 4.58. The van der Waals surface area contributed by atoms with Gasteiger partial charge in [0.2, 0.25) is 0 Å². The van der Waals surface area contributed by atoms with Gasteiger partial charge in [0, 0.05) is 18.3 Å². The number of hydrogen-bond donors (Lipinski definition) is 1. The molecule has 0 amide bonds. The molecule has 3 nitrogen and oxygen atoms in total. The van der Waals surface area contributed by atoms with Gasteiger partial charge in [0.05, 0.1) is 12.8 Å². The Morgan fingerprint density at radius 3 is 2.56 bits per heavy atom. The van der Waals surface area contributed by atoms with E-state index in [0.717, 1.165) is 35.5 Å². The molecule has 0 fully saturated rings. The largest absolute Gasteiger partial charge is 0.492 e. The van der Waals surface area contributed by atoms with Crippen molar-refractivity contribution < 1.29 is 4.74 Å². The lowest BCUT2D eigenvalue weighted by molar-refractivity contribution is 0.316. The van der Waals surface area contributed by atoms with Crippen LogP contribution in [0.5, 0.6) is 5.75 Å². The Labute approximate surface area is 108 Å². The van der Waals surface area contributed by atoms with E-state index in [2.05, 4.69) is 24.0 Å². The molecule has 0 radical (unpaired) electrons. The fourth-order valence-corrected chi connectivity index (χ4v) is 1.71. The van der Waals surface area contributed by atoms with Gasteiger partial charge in [-0.3, -0.25) is 4.98 Å². The Balaban J connectivity index is 2.20. The lowest BCUT2D eigenvalue weighted by Crippen LogP contribution is -1.96. The molecule has 0 aliphatic rings. The number of pyridine rings is 1. The van der Waals surface area contributed by atoms with Gasteiger partial charge in [-0.25, -0.2) is 0 Å². The molecule has 0 atom stereocenters. The van der Waals surface area contributed by atoms with Crippen LogP contribution in [0.2, 0.25) is 0 Å². The van der Waals surface area contributed by atoms with Crippen LogP contribution in [-0.4, -0.2) is 11.6 Å². The highest BCUT2D eigenvalue weighted by Gasteiger charge is 2.01. The molecule has 1 aromatic heterocycles. The van der Waals surface area contributed by atoms with E-state index in [9.17, 15) is 0 Å². The van der Waals surface area contributed by atoms with E-state index in [1.54, 1.807) is 6.20 Å². The molecule has 0 aliphatic heterocycles. The summed E-state index contributed by atoms with van der Waals surface area (Å²) in [4.78, 5) is 4.21. The Morgan fingerprint density at radius 2 is 1.89 bits per heavy atom. The van der Waals surface area contributed by atoms with Gasteiger partial charge in [-0.2, -0.15) is 0 Å². The summed E-state index contributed by atoms with van der Waals surface area (Å²) in [5.74, 6) is 0.817. The minimum Gasteiger partial charge on any atom is -0.492 e. The second kappa shape index (κ2) is 6.17. The van der Waals surface area contributed by atoms with Gasteiger partial charge in [0.25, 0.3) is 0 Å². The molecule has 0 saturated carbocycles. The molecule has 0 bridgehead atoms. The van der Waals surface area contributed by atoms with Gasteiger partial charge < -0.3 is 10.5 Å². The molecule has 2 aromatic rings. The van der Waals surface area contributed by atoms with Crippen LogP contribution in [0.3, 0.4) is 0 Å². The van der Waals surface area contributed by atoms with Crippen LogP contribution in [0.25, 0.3) is 11.1 Å². The van der Waals surface area contributed by atoms with Crippen molar-refractivity contribution in [1.82, 2.24) is 4.98 Å². The highest BCUT2D eigenvalue weighted by atomic mass is 16.5. The second-order valence-corrected chi connectivity index (χ2v) is 4.16. The first-order chi connectivity index (χ1) is 8.83. The van der Waals surface area contributed by atoms with E-state index in [1.807, 2.05) is 24.4 Å². The van der Waals surface area contributed by atoms with E-state index in [-0.39, 0.29) is 0 Å². The molecule has 94 valence electrons. The molecule has 0 unspecified atom stereocenters. The number of rotatable bonds is 5. The summed E-state index contributed by atoms with van der Waals surface area (Å²) in [6, 6.07) is 10.2. The van der Waals surface area contributed by atoms with Crippen LogP contribution < -0.4 is 10.5 Å². The molecule has 0 saturated heterocycles. The van der Waals surface area contributed by atoms with Crippen molar-refractivity contribution in [3.8, 4) is 16.9 Å². The number of ether oxygens (including phenoxy) is 1. The fourth-order valence-electron chi connectivity index (χ4n) is 1.71. The summed E-state index contributed by atoms with van der Waals surface area (Å²) >= 11 is 0. The minimum atomic E-state index is 0.568. The molecule has 2 rings (SSSR count). The predicted molar refractivity (Wildman–Crippen MR) is 73.4 cm³/mol. The van der Waals surface area contributed by atoms with Crippen LogP contribution in [0.1, 0.15) is 18.9 Å². The maximum atomic E-state index is 5.59. The molecule has 0 spiro atoms. The Hall–Kier alpha value is -1.87. The van der Waals surface area contributed by atoms with E-state index in [1.165, 1.54) is 0 Å². The molecule has 0 aliphatic carbocycles. The summed E-state index contributed by atoms with van der Waals surface area (Å²) in [7, 11) is 0. The molecule has 1 aromatic carbocycles. The minimum absolute atomic E-state index is 0.568. The average Bonchev–Trinajstić information content (AvgIpc) is 2.45. The molecule has 1 heterocycles. The van der Waals surface area contributed by atoms with Crippen molar-refractivity contribution in [3.63, 3.8) is 0 Å². The Bertz CT molecular complexity index is 494. The van der Waals surface area contributed by atoms with Crippen molar-refractivity contribution in [2.45, 2.75) is 19.9 Å². The van der Waals surface area contributed by atoms with Crippen LogP contribution in [0.4, 0.5) is 0 Å². The van der Waals surface area contributed by atoms with E-state index in [0.29, 0.717) is 6.54 Å². The Kier molecular flexibility index (Phi) is 4.31. The van der Waals surface area contributed by atoms with Gasteiger partial charge in [-0.05, 0) is 23.6 Å². The number of benzene rings is 1. The predicted octanol–water partition coefficient (Wildman–Crippen LogP) is 3.00. The highest BCUT2D eigenvalue weighted by Crippen LogP contribution is 2.23. The van der Waals surface area contributed by atoms with Crippen LogP contribution in [-0.2, 0) is 6.54 Å². The summed E-state index contributed by atoms with van der Waals surface area (Å²) < 4.78 is 5.58. The molecule has 2 N–H and O–H groups in total. The van der Waals surface area contributed by atoms with Crippen molar-refractivity contribution in [3.05, 3.63) is 48.3 Å². The number of hydrogen-bond acceptors (Lipinski definition) is 3. The quantitative estimate of drug-likeness (QED) is 0.876. The zero-order valence-electron chi connectivity index (χ0n) is 10.6. The van der Waals surface area contributed by atoms with Crippen molar-refractivity contribution in [2.24, 2.45) is 5.73 Å². The van der Waals surface area contributed by atoms with Gasteiger partial charge >= 0.3 is 0 Å². The summed E-state index contributed by atoms with van der Waals surface area (Å²) in [5, 5.41) is 0. The lowest BCUT2D eigenvalue weighted by atomic mass is 10.1. The molecule has 18 heavy (non-hydrogen) atoms. The van der Waals surface area contributed by atoms with E-state index >= 15 is 0 Å². The summed E-state index contributed by atoms with van der Waals surface area (Å²) in [6.45, 7) is 3.37. The average molecular weight is 242 g/mol. The van der Waals surface area contributed by atoms with E-state index in [4.69, 9.17) is 10.5 Å². The molecular weight excluding hydrogens is 224 g/mol. The monoisotopic (exact) mass is 242 g/mol. The maximum Gasteiger partial charge on any atom is 0.138 e. The number of nitrogens with two attached hydrogens (primary N) is 1. The van der Waals surface area contributed by atoms with Gasteiger partial charge in [-0.15, -0.1) is 0 Å². The smallest absolute Gasteiger partial charge is 0.138 e. The number of aromatic nitrogens is 1. The normalized spacial score (nSPS) is 10.3. The SMILES string of the molecule is CCCOc1cncc(-c2ccc(CN)cc2)c1. The highest BCUT2D eigenvalue weighted by molar-refractivity contribution is 5.64. The first-order valence-corrected chi connectivity index (χ1v) is 6.20. The second-order valence-electron chi connectivity index (χ2n) is 4.16. The third-order valence-corrected chi connectivity index (χ3v) is 2.71. The molecular formula is C15H18N2O. The standard InChI is InChI=1S/C15H18N2O/c1-2-7-18-15-8-14(10-17-11-15)13-5-3-12(9-16)4-6-13/h3-6,8,10-11H,2,7,9,16H2,1H3. The lowest BCUT2D eigenvalue weighted by Gasteiger charge is -2.07. The van der Waals surface area contributed by atoms with Crippen LogP contribution in [0.15, 0.2) is 42.7 Å². The Morgan fingerprint density at radius 1 is 1.11 bits per heavy atom. The third-order valence-electron chi connectivity index (χ3n) is 2.71. The van der Waals surface area contributed by atoms with Crippen LogP contribution >= 0.6 is 0 Å². The first-order valence-electron chi connectivity index (χ1n) is 6.20. The van der Waals surface area contributed by atoms with Gasteiger partial charge in [0.15, 0.2) is 0 Å². The van der Waals surface area contributed by atoms with Crippen LogP contribution in [0, 0.1) is 0 Å². The first kappa shape index (κ1) is 12.6.